The van der Waals surface area contributed by atoms with Gasteiger partial charge in [-0.3, -0.25) is 9.59 Å². The number of rotatable bonds is 6. The van der Waals surface area contributed by atoms with Gasteiger partial charge in [-0.2, -0.15) is 0 Å². The highest BCUT2D eigenvalue weighted by molar-refractivity contribution is 5.96. The monoisotopic (exact) mass is 393 g/mol. The maximum absolute atomic E-state index is 13.0. The number of aromatic nitrogens is 2. The van der Waals surface area contributed by atoms with Crippen molar-refractivity contribution in [1.82, 2.24) is 14.9 Å². The quantitative estimate of drug-likeness (QED) is 0.650. The average molecular weight is 393 g/mol. The number of aromatic amines is 1. The number of ketones is 1. The Morgan fingerprint density at radius 3 is 2.59 bits per heavy atom. The molecular weight excluding hydrogens is 369 g/mol. The van der Waals surface area contributed by atoms with Gasteiger partial charge in [0.15, 0.2) is 5.78 Å². The van der Waals surface area contributed by atoms with Gasteiger partial charge >= 0.3 is 0 Å². The highest BCUT2D eigenvalue weighted by atomic mass is 19.1. The minimum Gasteiger partial charge on any atom is -0.310 e. The molecule has 6 heteroatoms. The number of likely N-dealkylation sites (tertiary alicyclic amines) is 1. The summed E-state index contributed by atoms with van der Waals surface area (Å²) in [7, 11) is 0. The van der Waals surface area contributed by atoms with Crippen LogP contribution in [0.3, 0.4) is 0 Å². The molecule has 0 saturated carbocycles. The van der Waals surface area contributed by atoms with E-state index in [1.165, 1.54) is 12.1 Å². The van der Waals surface area contributed by atoms with Gasteiger partial charge in [-0.25, -0.2) is 9.37 Å². The van der Waals surface area contributed by atoms with E-state index in [0.717, 1.165) is 38.0 Å². The molecule has 1 fully saturated rings. The smallest absolute Gasteiger partial charge is 0.258 e. The van der Waals surface area contributed by atoms with Gasteiger partial charge in [-0.15, -0.1) is 0 Å². The number of hydrogen-bond acceptors (Lipinski definition) is 4. The van der Waals surface area contributed by atoms with Crippen molar-refractivity contribution >= 4 is 16.7 Å². The lowest BCUT2D eigenvalue weighted by atomic mass is 9.90. The first-order valence-electron chi connectivity index (χ1n) is 10.1. The molecule has 0 amide bonds. The highest BCUT2D eigenvalue weighted by Crippen LogP contribution is 2.22. The van der Waals surface area contributed by atoms with E-state index in [-0.39, 0.29) is 17.2 Å². The zero-order valence-electron chi connectivity index (χ0n) is 16.2. The van der Waals surface area contributed by atoms with Gasteiger partial charge in [-0.05, 0) is 68.2 Å². The number of carbonyl (C=O) groups is 1. The van der Waals surface area contributed by atoms with E-state index in [1.54, 1.807) is 18.2 Å². The predicted molar refractivity (Wildman–Crippen MR) is 111 cm³/mol. The first-order chi connectivity index (χ1) is 14.1. The number of benzene rings is 2. The SMILES string of the molecule is O=C(CC1CCN(CCc2nc3ccccc3c(=O)[nH]2)CC1)c1ccc(F)cc1. The van der Waals surface area contributed by atoms with E-state index in [2.05, 4.69) is 14.9 Å². The van der Waals surface area contributed by atoms with E-state index in [0.29, 0.717) is 35.5 Å². The second kappa shape index (κ2) is 8.66. The molecule has 2 heterocycles. The van der Waals surface area contributed by atoms with Gasteiger partial charge in [0.1, 0.15) is 11.6 Å². The lowest BCUT2D eigenvalue weighted by Gasteiger charge is -2.31. The molecule has 4 rings (SSSR count). The number of para-hydroxylation sites is 1. The fourth-order valence-electron chi connectivity index (χ4n) is 3.95. The third-order valence-electron chi connectivity index (χ3n) is 5.67. The van der Waals surface area contributed by atoms with Crippen LogP contribution < -0.4 is 5.56 Å². The Hall–Kier alpha value is -2.86. The standard InChI is InChI=1S/C23H24FN3O2/c24-18-7-5-17(6-8-18)21(28)15-16-9-12-27(13-10-16)14-11-22-25-20-4-2-1-3-19(20)23(29)26-22/h1-8,16H,9-15H2,(H,25,26,29). The van der Waals surface area contributed by atoms with Crippen LogP contribution in [0.4, 0.5) is 4.39 Å². The fourth-order valence-corrected chi connectivity index (χ4v) is 3.95. The molecule has 0 bridgehead atoms. The Balaban J connectivity index is 1.27. The Kier molecular flexibility index (Phi) is 5.81. The molecule has 3 aromatic rings. The van der Waals surface area contributed by atoms with Crippen LogP contribution in [0.1, 0.15) is 35.4 Å². The van der Waals surface area contributed by atoms with Crippen molar-refractivity contribution in [3.05, 3.63) is 76.1 Å². The van der Waals surface area contributed by atoms with Gasteiger partial charge in [0.2, 0.25) is 0 Å². The van der Waals surface area contributed by atoms with Crippen LogP contribution in [0.5, 0.6) is 0 Å². The number of halogens is 1. The molecule has 5 nitrogen and oxygen atoms in total. The Bertz CT molecular complexity index is 1050. The Morgan fingerprint density at radius 1 is 1.10 bits per heavy atom. The number of H-pyrrole nitrogens is 1. The van der Waals surface area contributed by atoms with Crippen molar-refractivity contribution in [2.45, 2.75) is 25.7 Å². The Morgan fingerprint density at radius 2 is 1.83 bits per heavy atom. The van der Waals surface area contributed by atoms with E-state index in [1.807, 2.05) is 18.2 Å². The zero-order valence-corrected chi connectivity index (χ0v) is 16.2. The summed E-state index contributed by atoms with van der Waals surface area (Å²) in [5, 5.41) is 0.614. The molecule has 1 saturated heterocycles. The van der Waals surface area contributed by atoms with Crippen molar-refractivity contribution in [3.63, 3.8) is 0 Å². The molecule has 2 aromatic carbocycles. The zero-order chi connectivity index (χ0) is 20.2. The van der Waals surface area contributed by atoms with Crippen LogP contribution in [0.2, 0.25) is 0 Å². The van der Waals surface area contributed by atoms with Crippen LogP contribution in [-0.2, 0) is 6.42 Å². The van der Waals surface area contributed by atoms with Crippen LogP contribution in [0, 0.1) is 11.7 Å². The van der Waals surface area contributed by atoms with Crippen LogP contribution in [0.15, 0.2) is 53.3 Å². The minimum absolute atomic E-state index is 0.0846. The number of piperidine rings is 1. The molecule has 0 radical (unpaired) electrons. The first-order valence-corrected chi connectivity index (χ1v) is 10.1. The topological polar surface area (TPSA) is 66.1 Å². The summed E-state index contributed by atoms with van der Waals surface area (Å²) in [4.78, 5) is 34.3. The first kappa shape index (κ1) is 19.5. The van der Waals surface area contributed by atoms with Crippen molar-refractivity contribution in [2.24, 2.45) is 5.92 Å². The molecule has 0 atom stereocenters. The average Bonchev–Trinajstić information content (AvgIpc) is 2.74. The molecule has 0 unspecified atom stereocenters. The van der Waals surface area contributed by atoms with Gasteiger partial charge < -0.3 is 9.88 Å². The number of nitrogens with one attached hydrogen (secondary N) is 1. The van der Waals surface area contributed by atoms with Crippen LogP contribution in [0.25, 0.3) is 10.9 Å². The summed E-state index contributed by atoms with van der Waals surface area (Å²) in [6, 6.07) is 13.2. The molecule has 29 heavy (non-hydrogen) atoms. The number of carbonyl (C=O) groups excluding carboxylic acids is 1. The summed E-state index contributed by atoms with van der Waals surface area (Å²) < 4.78 is 13.0. The second-order valence-electron chi connectivity index (χ2n) is 7.70. The number of Topliss-reactive ketones (excluding diaryl/α,β-unsaturated/α-hetero) is 1. The van der Waals surface area contributed by atoms with Gasteiger partial charge in [0.05, 0.1) is 10.9 Å². The van der Waals surface area contributed by atoms with Crippen LogP contribution >= 0.6 is 0 Å². The molecular formula is C23H24FN3O2. The third-order valence-corrected chi connectivity index (χ3v) is 5.67. The highest BCUT2D eigenvalue weighted by Gasteiger charge is 2.22. The minimum atomic E-state index is -0.322. The molecule has 150 valence electrons. The predicted octanol–water partition coefficient (Wildman–Crippen LogP) is 3.59. The lowest BCUT2D eigenvalue weighted by molar-refractivity contribution is 0.0928. The van der Waals surface area contributed by atoms with Crippen molar-refractivity contribution in [3.8, 4) is 0 Å². The molecule has 1 aliphatic heterocycles. The van der Waals surface area contributed by atoms with Crippen molar-refractivity contribution < 1.29 is 9.18 Å². The maximum atomic E-state index is 13.0. The molecule has 0 aliphatic carbocycles. The maximum Gasteiger partial charge on any atom is 0.258 e. The second-order valence-corrected chi connectivity index (χ2v) is 7.70. The number of fused-ring (bicyclic) bond motifs is 1. The molecule has 0 spiro atoms. The number of nitrogens with zero attached hydrogens (tertiary/aromatic N) is 2. The van der Waals surface area contributed by atoms with Crippen LogP contribution in [-0.4, -0.2) is 40.3 Å². The fraction of sp³-hybridized carbons (Fsp3) is 0.348. The van der Waals surface area contributed by atoms with E-state index >= 15 is 0 Å². The summed E-state index contributed by atoms with van der Waals surface area (Å²) in [6.07, 6.45) is 3.14. The molecule has 1 aliphatic rings. The summed E-state index contributed by atoms with van der Waals surface area (Å²) >= 11 is 0. The van der Waals surface area contributed by atoms with E-state index in [4.69, 9.17) is 0 Å². The summed E-state index contributed by atoms with van der Waals surface area (Å²) in [6.45, 7) is 2.69. The molecule has 1 N–H and O–H groups in total. The van der Waals surface area contributed by atoms with Gasteiger partial charge in [0, 0.05) is 24.9 Å². The largest absolute Gasteiger partial charge is 0.310 e. The Labute approximate surface area is 168 Å². The van der Waals surface area contributed by atoms with Crippen molar-refractivity contribution in [1.29, 1.82) is 0 Å². The summed E-state index contributed by atoms with van der Waals surface area (Å²) in [5.41, 5.74) is 1.22. The van der Waals surface area contributed by atoms with E-state index < -0.39 is 0 Å². The third kappa shape index (κ3) is 4.77. The normalized spacial score (nSPS) is 15.6. The molecule has 1 aromatic heterocycles. The summed E-state index contributed by atoms with van der Waals surface area (Å²) in [5.74, 6) is 0.836. The van der Waals surface area contributed by atoms with Gasteiger partial charge in [0.25, 0.3) is 5.56 Å². The van der Waals surface area contributed by atoms with Gasteiger partial charge in [-0.1, -0.05) is 12.1 Å². The van der Waals surface area contributed by atoms with E-state index in [9.17, 15) is 14.0 Å². The number of hydrogen-bond donors (Lipinski definition) is 1. The lowest BCUT2D eigenvalue weighted by Crippen LogP contribution is -2.36. The van der Waals surface area contributed by atoms with Crippen molar-refractivity contribution in [2.75, 3.05) is 19.6 Å².